The van der Waals surface area contributed by atoms with Crippen molar-refractivity contribution in [1.29, 1.82) is 0 Å². The van der Waals surface area contributed by atoms with E-state index in [-0.39, 0.29) is 24.5 Å². The Labute approximate surface area is 111 Å². The number of amides is 1. The monoisotopic (exact) mass is 271 g/mol. The molecule has 0 aliphatic carbocycles. The largest absolute Gasteiger partial charge is 0.395 e. The van der Waals surface area contributed by atoms with Crippen LogP contribution in [0.1, 0.15) is 25.3 Å². The van der Waals surface area contributed by atoms with Gasteiger partial charge in [-0.2, -0.15) is 0 Å². The molecule has 0 aliphatic rings. The number of nitrogens with zero attached hydrogens (tertiary/aromatic N) is 1. The molecule has 1 aromatic rings. The number of likely N-dealkylation sites (N-methyl/N-ethyl adjacent to an activating group) is 1. The fraction of sp³-hybridized carbons (Fsp3) is 0.500. The van der Waals surface area contributed by atoms with Crippen molar-refractivity contribution in [3.63, 3.8) is 0 Å². The van der Waals surface area contributed by atoms with Crippen LogP contribution in [-0.2, 0) is 11.2 Å². The standard InChI is InChI=1S/C14H19F2NO2/c1-2-17(8-9-18)14(19)5-3-4-11-10-12(15)6-7-13(11)16/h6-7,10,18H,2-5,8-9H2,1H3. The molecule has 0 saturated carbocycles. The Morgan fingerprint density at radius 3 is 2.74 bits per heavy atom. The van der Waals surface area contributed by atoms with Crippen molar-refractivity contribution in [1.82, 2.24) is 4.90 Å². The van der Waals surface area contributed by atoms with E-state index >= 15 is 0 Å². The Bertz CT molecular complexity index is 424. The summed E-state index contributed by atoms with van der Waals surface area (Å²) in [6.07, 6.45) is 1.05. The highest BCUT2D eigenvalue weighted by molar-refractivity contribution is 5.76. The number of aliphatic hydroxyl groups excluding tert-OH is 1. The maximum atomic E-state index is 13.3. The van der Waals surface area contributed by atoms with Gasteiger partial charge in [0.15, 0.2) is 0 Å². The van der Waals surface area contributed by atoms with Gasteiger partial charge in [0.25, 0.3) is 0 Å². The molecule has 0 unspecified atom stereocenters. The van der Waals surface area contributed by atoms with Gasteiger partial charge in [0.2, 0.25) is 5.91 Å². The summed E-state index contributed by atoms with van der Waals surface area (Å²) < 4.78 is 26.3. The van der Waals surface area contributed by atoms with E-state index in [4.69, 9.17) is 5.11 Å². The number of carbonyl (C=O) groups excluding carboxylic acids is 1. The second-order valence-electron chi connectivity index (χ2n) is 4.29. The first-order valence-electron chi connectivity index (χ1n) is 6.41. The summed E-state index contributed by atoms with van der Waals surface area (Å²) in [5, 5.41) is 8.80. The first kappa shape index (κ1) is 15.6. The zero-order valence-electron chi connectivity index (χ0n) is 11.0. The van der Waals surface area contributed by atoms with E-state index in [0.717, 1.165) is 18.2 Å². The quantitative estimate of drug-likeness (QED) is 0.825. The van der Waals surface area contributed by atoms with Crippen molar-refractivity contribution in [3.05, 3.63) is 35.4 Å². The molecule has 0 aromatic heterocycles. The summed E-state index contributed by atoms with van der Waals surface area (Å²) in [5.74, 6) is -0.997. The summed E-state index contributed by atoms with van der Waals surface area (Å²) >= 11 is 0. The van der Waals surface area contributed by atoms with Crippen LogP contribution < -0.4 is 0 Å². The van der Waals surface area contributed by atoms with E-state index in [2.05, 4.69) is 0 Å². The van der Waals surface area contributed by atoms with Crippen LogP contribution in [0, 0.1) is 11.6 Å². The summed E-state index contributed by atoms with van der Waals surface area (Å²) in [6.45, 7) is 2.61. The van der Waals surface area contributed by atoms with Crippen molar-refractivity contribution in [2.75, 3.05) is 19.7 Å². The zero-order chi connectivity index (χ0) is 14.3. The molecule has 0 radical (unpaired) electrons. The molecule has 1 aromatic carbocycles. The fourth-order valence-electron chi connectivity index (χ4n) is 1.90. The molecule has 1 N–H and O–H groups in total. The maximum Gasteiger partial charge on any atom is 0.222 e. The fourth-order valence-corrected chi connectivity index (χ4v) is 1.90. The van der Waals surface area contributed by atoms with Crippen LogP contribution in [0.25, 0.3) is 0 Å². The summed E-state index contributed by atoms with van der Waals surface area (Å²) in [5.41, 5.74) is 0.290. The van der Waals surface area contributed by atoms with Crippen LogP contribution in [0.15, 0.2) is 18.2 Å². The van der Waals surface area contributed by atoms with Crippen LogP contribution in [0.4, 0.5) is 8.78 Å². The van der Waals surface area contributed by atoms with Crippen molar-refractivity contribution >= 4 is 5.91 Å². The molecule has 1 rings (SSSR count). The molecule has 0 fully saturated rings. The Hall–Kier alpha value is -1.49. The third-order valence-corrected chi connectivity index (χ3v) is 2.95. The van der Waals surface area contributed by atoms with Gasteiger partial charge < -0.3 is 10.0 Å². The molecule has 106 valence electrons. The van der Waals surface area contributed by atoms with E-state index in [1.54, 1.807) is 4.90 Å². The molecule has 1 amide bonds. The molecular weight excluding hydrogens is 252 g/mol. The first-order valence-corrected chi connectivity index (χ1v) is 6.41. The van der Waals surface area contributed by atoms with Gasteiger partial charge in [-0.15, -0.1) is 0 Å². The van der Waals surface area contributed by atoms with Crippen molar-refractivity contribution in [3.8, 4) is 0 Å². The van der Waals surface area contributed by atoms with Crippen LogP contribution in [-0.4, -0.2) is 35.6 Å². The lowest BCUT2D eigenvalue weighted by atomic mass is 10.1. The molecule has 0 saturated heterocycles. The van der Waals surface area contributed by atoms with Crippen LogP contribution in [0.2, 0.25) is 0 Å². The second kappa shape index (κ2) is 7.84. The Balaban J connectivity index is 2.45. The molecule has 0 atom stereocenters. The highest BCUT2D eigenvalue weighted by Crippen LogP contribution is 2.13. The molecule has 5 heteroatoms. The Morgan fingerprint density at radius 2 is 2.11 bits per heavy atom. The highest BCUT2D eigenvalue weighted by atomic mass is 19.1. The molecular formula is C14H19F2NO2. The average Bonchev–Trinajstić information content (AvgIpc) is 2.39. The second-order valence-corrected chi connectivity index (χ2v) is 4.29. The lowest BCUT2D eigenvalue weighted by Crippen LogP contribution is -2.33. The van der Waals surface area contributed by atoms with Crippen molar-refractivity contribution in [2.45, 2.75) is 26.2 Å². The van der Waals surface area contributed by atoms with Gasteiger partial charge in [0, 0.05) is 19.5 Å². The number of carbonyl (C=O) groups is 1. The molecule has 0 bridgehead atoms. The van der Waals surface area contributed by atoms with Gasteiger partial charge in [-0.25, -0.2) is 8.78 Å². The summed E-state index contributed by atoms with van der Waals surface area (Å²) in [7, 11) is 0. The normalized spacial score (nSPS) is 10.5. The van der Waals surface area contributed by atoms with Crippen LogP contribution in [0.5, 0.6) is 0 Å². The van der Waals surface area contributed by atoms with Gasteiger partial charge in [-0.3, -0.25) is 4.79 Å². The van der Waals surface area contributed by atoms with E-state index in [9.17, 15) is 13.6 Å². The number of rotatable bonds is 7. The Kier molecular flexibility index (Phi) is 6.42. The number of hydrogen-bond acceptors (Lipinski definition) is 2. The third kappa shape index (κ3) is 4.95. The minimum absolute atomic E-state index is 0.0713. The van der Waals surface area contributed by atoms with E-state index in [1.165, 1.54) is 0 Å². The van der Waals surface area contributed by atoms with E-state index in [1.807, 2.05) is 6.92 Å². The smallest absolute Gasteiger partial charge is 0.222 e. The average molecular weight is 271 g/mol. The van der Waals surface area contributed by atoms with Gasteiger partial charge in [-0.1, -0.05) is 0 Å². The molecule has 19 heavy (non-hydrogen) atoms. The van der Waals surface area contributed by atoms with Crippen LogP contribution in [0.3, 0.4) is 0 Å². The zero-order valence-corrected chi connectivity index (χ0v) is 11.0. The molecule has 3 nitrogen and oxygen atoms in total. The molecule has 0 spiro atoms. The van der Waals surface area contributed by atoms with Crippen molar-refractivity contribution < 1.29 is 18.7 Å². The number of benzene rings is 1. The number of halogens is 2. The number of hydrogen-bond donors (Lipinski definition) is 1. The van der Waals surface area contributed by atoms with Crippen LogP contribution >= 0.6 is 0 Å². The lowest BCUT2D eigenvalue weighted by molar-refractivity contribution is -0.131. The van der Waals surface area contributed by atoms with E-state index < -0.39 is 11.6 Å². The number of aryl methyl sites for hydroxylation is 1. The van der Waals surface area contributed by atoms with E-state index in [0.29, 0.717) is 25.9 Å². The SMILES string of the molecule is CCN(CCO)C(=O)CCCc1cc(F)ccc1F. The third-order valence-electron chi connectivity index (χ3n) is 2.95. The predicted molar refractivity (Wildman–Crippen MR) is 68.6 cm³/mol. The van der Waals surface area contributed by atoms with Gasteiger partial charge in [-0.05, 0) is 43.5 Å². The van der Waals surface area contributed by atoms with Crippen molar-refractivity contribution in [2.24, 2.45) is 0 Å². The van der Waals surface area contributed by atoms with Gasteiger partial charge in [0.1, 0.15) is 11.6 Å². The highest BCUT2D eigenvalue weighted by Gasteiger charge is 2.11. The maximum absolute atomic E-state index is 13.3. The summed E-state index contributed by atoms with van der Waals surface area (Å²) in [6, 6.07) is 3.33. The predicted octanol–water partition coefficient (Wildman–Crippen LogP) is 2.13. The first-order chi connectivity index (χ1) is 9.08. The Morgan fingerprint density at radius 1 is 1.37 bits per heavy atom. The number of aliphatic hydroxyl groups is 1. The van der Waals surface area contributed by atoms with Gasteiger partial charge >= 0.3 is 0 Å². The summed E-state index contributed by atoms with van der Waals surface area (Å²) in [4.78, 5) is 13.3. The molecule has 0 heterocycles. The molecule has 0 aliphatic heterocycles. The lowest BCUT2D eigenvalue weighted by Gasteiger charge is -2.19. The minimum Gasteiger partial charge on any atom is -0.395 e. The minimum atomic E-state index is -0.474. The van der Waals surface area contributed by atoms with Gasteiger partial charge in [0.05, 0.1) is 6.61 Å². The topological polar surface area (TPSA) is 40.5 Å².